The van der Waals surface area contributed by atoms with Crippen LogP contribution >= 0.6 is 15.9 Å². The second kappa shape index (κ2) is 8.69. The number of hydrogen-bond donors (Lipinski definition) is 0. The maximum absolute atomic E-state index is 12.8. The number of alkyl halides is 3. The van der Waals surface area contributed by atoms with E-state index in [0.717, 1.165) is 23.9 Å². The highest BCUT2D eigenvalue weighted by molar-refractivity contribution is 9.10. The first-order valence-corrected chi connectivity index (χ1v) is 9.02. The molecule has 5 nitrogen and oxygen atoms in total. The number of pyridine rings is 2. The zero-order valence-electron chi connectivity index (χ0n) is 15.0. The maximum Gasteiger partial charge on any atom is 0.417 e. The van der Waals surface area contributed by atoms with Crippen LogP contribution in [0, 0.1) is 6.92 Å². The summed E-state index contributed by atoms with van der Waals surface area (Å²) in [6.07, 6.45) is -2.12. The van der Waals surface area contributed by atoms with Crippen LogP contribution in [-0.2, 0) is 6.18 Å². The fourth-order valence-electron chi connectivity index (χ4n) is 2.41. The van der Waals surface area contributed by atoms with Gasteiger partial charge in [0.05, 0.1) is 11.6 Å². The van der Waals surface area contributed by atoms with E-state index in [1.165, 1.54) is 0 Å². The molecule has 0 radical (unpaired) electrons. The SMILES string of the molecule is CCN(C(=O)c1ncc(C)cc1Br)[C@@H](C)COc1ccc(C(F)(F)F)cn1. The van der Waals surface area contributed by atoms with Gasteiger partial charge in [0.2, 0.25) is 5.88 Å². The lowest BCUT2D eigenvalue weighted by molar-refractivity contribution is -0.137. The van der Waals surface area contributed by atoms with E-state index in [9.17, 15) is 18.0 Å². The van der Waals surface area contributed by atoms with Gasteiger partial charge in [0.1, 0.15) is 12.3 Å². The highest BCUT2D eigenvalue weighted by Crippen LogP contribution is 2.29. The van der Waals surface area contributed by atoms with Crippen LogP contribution in [0.25, 0.3) is 0 Å². The Morgan fingerprint density at radius 1 is 1.30 bits per heavy atom. The molecule has 2 aromatic heterocycles. The monoisotopic (exact) mass is 445 g/mol. The lowest BCUT2D eigenvalue weighted by Gasteiger charge is -2.28. The number of rotatable bonds is 6. The van der Waals surface area contributed by atoms with Crippen molar-refractivity contribution in [1.82, 2.24) is 14.9 Å². The highest BCUT2D eigenvalue weighted by Gasteiger charge is 2.31. The van der Waals surface area contributed by atoms with E-state index in [0.29, 0.717) is 16.7 Å². The number of ether oxygens (including phenoxy) is 1. The molecule has 0 aliphatic heterocycles. The Kier molecular flexibility index (Phi) is 6.80. The van der Waals surface area contributed by atoms with Crippen LogP contribution in [0.1, 0.15) is 35.5 Å². The summed E-state index contributed by atoms with van der Waals surface area (Å²) < 4.78 is 43.7. The van der Waals surface area contributed by atoms with E-state index in [4.69, 9.17) is 4.74 Å². The predicted molar refractivity (Wildman–Crippen MR) is 97.6 cm³/mol. The normalized spacial score (nSPS) is 12.6. The molecule has 0 bridgehead atoms. The Balaban J connectivity index is 2.04. The van der Waals surface area contributed by atoms with Gasteiger partial charge >= 0.3 is 6.18 Å². The van der Waals surface area contributed by atoms with Gasteiger partial charge in [-0.15, -0.1) is 0 Å². The molecule has 1 atom stereocenters. The molecule has 2 rings (SSSR count). The molecule has 27 heavy (non-hydrogen) atoms. The Morgan fingerprint density at radius 2 is 2.00 bits per heavy atom. The van der Waals surface area contributed by atoms with Gasteiger partial charge in [0.25, 0.3) is 5.91 Å². The number of aryl methyl sites for hydroxylation is 1. The number of hydrogen-bond acceptors (Lipinski definition) is 4. The molecular weight excluding hydrogens is 427 g/mol. The molecule has 2 aromatic rings. The van der Waals surface area contributed by atoms with Crippen molar-refractivity contribution in [3.05, 3.63) is 51.9 Å². The number of halogens is 4. The van der Waals surface area contributed by atoms with Crippen molar-refractivity contribution in [3.8, 4) is 5.88 Å². The first-order valence-electron chi connectivity index (χ1n) is 8.22. The number of nitrogens with zero attached hydrogens (tertiary/aromatic N) is 3. The molecule has 2 heterocycles. The van der Waals surface area contributed by atoms with Crippen molar-refractivity contribution in [2.45, 2.75) is 33.0 Å². The minimum Gasteiger partial charge on any atom is -0.475 e. The van der Waals surface area contributed by atoms with Gasteiger partial charge in [-0.3, -0.25) is 4.79 Å². The van der Waals surface area contributed by atoms with Crippen molar-refractivity contribution >= 4 is 21.8 Å². The maximum atomic E-state index is 12.8. The lowest BCUT2D eigenvalue weighted by Crippen LogP contribution is -2.42. The molecule has 0 fully saturated rings. The smallest absolute Gasteiger partial charge is 0.417 e. The topological polar surface area (TPSA) is 55.3 Å². The second-order valence-corrected chi connectivity index (χ2v) is 6.83. The Bertz CT molecular complexity index is 797. The van der Waals surface area contributed by atoms with Crippen LogP contribution in [0.2, 0.25) is 0 Å². The summed E-state index contributed by atoms with van der Waals surface area (Å²) >= 11 is 3.35. The number of carbonyl (C=O) groups excluding carboxylic acids is 1. The van der Waals surface area contributed by atoms with E-state index in [2.05, 4.69) is 25.9 Å². The van der Waals surface area contributed by atoms with Crippen LogP contribution in [0.5, 0.6) is 5.88 Å². The molecule has 0 aromatic carbocycles. The average Bonchev–Trinajstić information content (AvgIpc) is 2.60. The van der Waals surface area contributed by atoms with E-state index >= 15 is 0 Å². The quantitative estimate of drug-likeness (QED) is 0.656. The highest BCUT2D eigenvalue weighted by atomic mass is 79.9. The molecule has 0 unspecified atom stereocenters. The number of aromatic nitrogens is 2. The third-order valence-corrected chi connectivity index (χ3v) is 4.45. The Morgan fingerprint density at radius 3 is 2.52 bits per heavy atom. The van der Waals surface area contributed by atoms with Crippen LogP contribution < -0.4 is 4.74 Å². The van der Waals surface area contributed by atoms with Gasteiger partial charge < -0.3 is 9.64 Å². The van der Waals surface area contributed by atoms with Gasteiger partial charge in [-0.1, -0.05) is 0 Å². The average molecular weight is 446 g/mol. The van der Waals surface area contributed by atoms with Crippen molar-refractivity contribution in [3.63, 3.8) is 0 Å². The van der Waals surface area contributed by atoms with E-state index < -0.39 is 11.7 Å². The van der Waals surface area contributed by atoms with Gasteiger partial charge in [-0.05, 0) is 54.4 Å². The molecule has 0 saturated heterocycles. The van der Waals surface area contributed by atoms with Gasteiger partial charge in [0, 0.05) is 29.5 Å². The van der Waals surface area contributed by atoms with Crippen molar-refractivity contribution in [1.29, 1.82) is 0 Å². The molecule has 0 aliphatic carbocycles. The van der Waals surface area contributed by atoms with E-state index in [1.54, 1.807) is 24.1 Å². The molecule has 0 spiro atoms. The zero-order chi connectivity index (χ0) is 20.2. The lowest BCUT2D eigenvalue weighted by atomic mass is 10.2. The largest absolute Gasteiger partial charge is 0.475 e. The molecule has 0 N–H and O–H groups in total. The van der Waals surface area contributed by atoms with Crippen LogP contribution in [0.3, 0.4) is 0 Å². The number of carbonyl (C=O) groups is 1. The van der Waals surface area contributed by atoms with E-state index in [1.807, 2.05) is 13.8 Å². The summed E-state index contributed by atoms with van der Waals surface area (Å²) in [6, 6.07) is 3.54. The zero-order valence-corrected chi connectivity index (χ0v) is 16.6. The Hall–Kier alpha value is -2.16. The van der Waals surface area contributed by atoms with Crippen LogP contribution in [-0.4, -0.2) is 40.0 Å². The molecular formula is C18H19BrF3N3O2. The first-order chi connectivity index (χ1) is 12.6. The second-order valence-electron chi connectivity index (χ2n) is 5.98. The Labute approximate surface area is 163 Å². The molecule has 9 heteroatoms. The minimum absolute atomic E-state index is 0.0630. The number of likely N-dealkylation sites (N-methyl/N-ethyl adjacent to an activating group) is 1. The molecule has 146 valence electrons. The number of amides is 1. The first kappa shape index (κ1) is 21.1. The standard InChI is InChI=1S/C18H19BrF3N3O2/c1-4-25(17(26)16-14(19)7-11(2)8-24-16)12(3)10-27-15-6-5-13(9-23-15)18(20,21)22/h5-9,12H,4,10H2,1-3H3/t12-/m0/s1. The summed E-state index contributed by atoms with van der Waals surface area (Å²) in [6.45, 7) is 5.99. The van der Waals surface area contributed by atoms with Gasteiger partial charge in [-0.2, -0.15) is 13.2 Å². The fourth-order valence-corrected chi connectivity index (χ4v) is 3.04. The summed E-state index contributed by atoms with van der Waals surface area (Å²) in [4.78, 5) is 22.2. The van der Waals surface area contributed by atoms with Crippen LogP contribution in [0.4, 0.5) is 13.2 Å². The van der Waals surface area contributed by atoms with Crippen LogP contribution in [0.15, 0.2) is 35.1 Å². The summed E-state index contributed by atoms with van der Waals surface area (Å²) in [7, 11) is 0. The van der Waals surface area contributed by atoms with Gasteiger partial charge in [-0.25, -0.2) is 9.97 Å². The fraction of sp³-hybridized carbons (Fsp3) is 0.389. The third kappa shape index (κ3) is 5.41. The minimum atomic E-state index is -4.45. The van der Waals surface area contributed by atoms with Crippen molar-refractivity contribution in [2.24, 2.45) is 0 Å². The van der Waals surface area contributed by atoms with Crippen molar-refractivity contribution < 1.29 is 22.7 Å². The summed E-state index contributed by atoms with van der Waals surface area (Å²) in [5.41, 5.74) is 0.372. The molecule has 0 aliphatic rings. The molecule has 1 amide bonds. The third-order valence-electron chi connectivity index (χ3n) is 3.85. The predicted octanol–water partition coefficient (Wildman–Crippen LogP) is 4.50. The van der Waals surface area contributed by atoms with Gasteiger partial charge in [0.15, 0.2) is 0 Å². The van der Waals surface area contributed by atoms with E-state index in [-0.39, 0.29) is 24.4 Å². The summed E-state index contributed by atoms with van der Waals surface area (Å²) in [5.74, 6) is -0.200. The van der Waals surface area contributed by atoms with Crippen molar-refractivity contribution in [2.75, 3.05) is 13.2 Å². The molecule has 0 saturated carbocycles. The summed E-state index contributed by atoms with van der Waals surface area (Å²) in [5, 5.41) is 0.